The Morgan fingerprint density at radius 3 is 2.55 bits per heavy atom. The van der Waals surface area contributed by atoms with Crippen LogP contribution in [-0.4, -0.2) is 24.4 Å². The van der Waals surface area contributed by atoms with Gasteiger partial charge in [0.25, 0.3) is 5.91 Å². The molecule has 29 heavy (non-hydrogen) atoms. The molecule has 0 aliphatic rings. The average Bonchev–Trinajstić information content (AvgIpc) is 3.12. The summed E-state index contributed by atoms with van der Waals surface area (Å²) >= 11 is -2.54. The molecular weight excluding hydrogens is 388 g/mol. The second-order valence-corrected chi connectivity index (χ2v) is 7.55. The largest absolute Gasteiger partial charge is 0.755 e. The van der Waals surface area contributed by atoms with Crippen LogP contribution in [0.2, 0.25) is 0 Å². The number of carbonyl (C=O) groups is 1. The van der Waals surface area contributed by atoms with Crippen LogP contribution in [0.15, 0.2) is 54.9 Å². The topological polar surface area (TPSA) is 90.3 Å². The normalized spacial score (nSPS) is 11.9. The lowest BCUT2D eigenvalue weighted by atomic mass is 10.1. The minimum absolute atomic E-state index is 0.279. The number of nitrogens with zero attached hydrogens (tertiary/aromatic N) is 3. The molecule has 8 heteroatoms. The zero-order chi connectivity index (χ0) is 21.0. The zero-order valence-electron chi connectivity index (χ0n) is 16.6. The number of carbonyl (C=O) groups excluding carboxylic acids is 1. The van der Waals surface area contributed by atoms with Crippen LogP contribution in [0.3, 0.4) is 0 Å². The Bertz CT molecular complexity index is 1030. The summed E-state index contributed by atoms with van der Waals surface area (Å²) in [6.07, 6.45) is 4.14. The Kier molecular flexibility index (Phi) is 6.46. The molecule has 2 aromatic carbocycles. The van der Waals surface area contributed by atoms with E-state index in [1.54, 1.807) is 41.2 Å². The Morgan fingerprint density at radius 2 is 1.97 bits per heavy atom. The number of amides is 1. The molecule has 1 atom stereocenters. The molecule has 0 aliphatic heterocycles. The molecule has 1 amide bonds. The van der Waals surface area contributed by atoms with Crippen molar-refractivity contribution in [2.24, 2.45) is 7.05 Å². The summed E-state index contributed by atoms with van der Waals surface area (Å²) < 4.78 is 27.0. The van der Waals surface area contributed by atoms with Crippen LogP contribution < -0.4 is 9.62 Å². The third kappa shape index (κ3) is 4.90. The molecule has 0 radical (unpaired) electrons. The first kappa shape index (κ1) is 20.8. The summed E-state index contributed by atoms with van der Waals surface area (Å²) in [5.74, 6) is -0.279. The minimum atomic E-state index is -2.54. The SMILES string of the molecule is CCc1ccc(C(=O)NCc2cnn(C)c2)cc1N(c1ccc(C)cc1)S(=O)[O-]. The van der Waals surface area contributed by atoms with Crippen molar-refractivity contribution in [2.45, 2.75) is 26.8 Å². The van der Waals surface area contributed by atoms with Crippen molar-refractivity contribution in [3.8, 4) is 0 Å². The molecule has 0 aliphatic carbocycles. The highest BCUT2D eigenvalue weighted by molar-refractivity contribution is 7.81. The summed E-state index contributed by atoms with van der Waals surface area (Å²) in [6.45, 7) is 4.22. The number of rotatable bonds is 7. The highest BCUT2D eigenvalue weighted by Gasteiger charge is 2.17. The highest BCUT2D eigenvalue weighted by atomic mass is 32.2. The summed E-state index contributed by atoms with van der Waals surface area (Å²) in [4.78, 5) is 12.6. The van der Waals surface area contributed by atoms with Crippen LogP contribution in [-0.2, 0) is 31.3 Å². The summed E-state index contributed by atoms with van der Waals surface area (Å²) in [5, 5.41) is 6.92. The van der Waals surface area contributed by atoms with Crippen molar-refractivity contribution in [3.05, 3.63) is 77.1 Å². The van der Waals surface area contributed by atoms with Crippen molar-refractivity contribution < 1.29 is 13.6 Å². The van der Waals surface area contributed by atoms with E-state index in [0.29, 0.717) is 29.9 Å². The van der Waals surface area contributed by atoms with E-state index in [1.807, 2.05) is 39.2 Å². The van der Waals surface area contributed by atoms with E-state index >= 15 is 0 Å². The molecule has 1 unspecified atom stereocenters. The van der Waals surface area contributed by atoms with E-state index in [0.717, 1.165) is 16.7 Å². The maximum Gasteiger partial charge on any atom is 0.251 e. The van der Waals surface area contributed by atoms with Gasteiger partial charge >= 0.3 is 0 Å². The lowest BCUT2D eigenvalue weighted by Crippen LogP contribution is -2.24. The van der Waals surface area contributed by atoms with Gasteiger partial charge in [0.1, 0.15) is 0 Å². The van der Waals surface area contributed by atoms with Crippen LogP contribution in [0, 0.1) is 6.92 Å². The maximum absolute atomic E-state index is 12.6. The van der Waals surface area contributed by atoms with Crippen molar-refractivity contribution in [2.75, 3.05) is 4.31 Å². The molecule has 0 spiro atoms. The number of nitrogens with one attached hydrogen (secondary N) is 1. The molecule has 3 aromatic rings. The molecule has 152 valence electrons. The van der Waals surface area contributed by atoms with Crippen molar-refractivity contribution in [3.63, 3.8) is 0 Å². The first-order chi connectivity index (χ1) is 13.9. The van der Waals surface area contributed by atoms with Crippen LogP contribution in [0.1, 0.15) is 34.0 Å². The zero-order valence-corrected chi connectivity index (χ0v) is 17.4. The van der Waals surface area contributed by atoms with Gasteiger partial charge in [0, 0.05) is 30.9 Å². The van der Waals surface area contributed by atoms with Crippen molar-refractivity contribution in [1.82, 2.24) is 15.1 Å². The van der Waals surface area contributed by atoms with Crippen molar-refractivity contribution >= 4 is 28.5 Å². The van der Waals surface area contributed by atoms with Gasteiger partial charge in [-0.25, -0.2) is 0 Å². The van der Waals surface area contributed by atoms with Gasteiger partial charge in [0.15, 0.2) is 0 Å². The van der Waals surface area contributed by atoms with Gasteiger partial charge in [0.2, 0.25) is 0 Å². The smallest absolute Gasteiger partial charge is 0.251 e. The predicted molar refractivity (Wildman–Crippen MR) is 112 cm³/mol. The Balaban J connectivity index is 1.91. The lowest BCUT2D eigenvalue weighted by Gasteiger charge is -2.29. The standard InChI is InChI=1S/C21H24N4O3S/c1-4-17-7-8-18(21(26)22-12-16-13-23-24(3)14-16)11-20(17)25(29(27)28)19-9-5-15(2)6-10-19/h5-11,13-14H,4,12H2,1-3H3,(H,22,26)(H,27,28)/p-1. The minimum Gasteiger partial charge on any atom is -0.755 e. The fraction of sp³-hybridized carbons (Fsp3) is 0.238. The molecule has 0 saturated heterocycles. The fourth-order valence-electron chi connectivity index (χ4n) is 3.03. The monoisotopic (exact) mass is 411 g/mol. The van der Waals surface area contributed by atoms with Gasteiger partial charge in [-0.15, -0.1) is 0 Å². The molecule has 0 saturated carbocycles. The van der Waals surface area contributed by atoms with E-state index in [-0.39, 0.29) is 5.91 Å². The number of hydrogen-bond acceptors (Lipinski definition) is 4. The third-order valence-electron chi connectivity index (χ3n) is 4.58. The first-order valence-corrected chi connectivity index (χ1v) is 10.3. The molecule has 0 bridgehead atoms. The van der Waals surface area contributed by atoms with Gasteiger partial charge < -0.3 is 9.87 Å². The highest BCUT2D eigenvalue weighted by Crippen LogP contribution is 2.31. The van der Waals surface area contributed by atoms with E-state index in [4.69, 9.17) is 0 Å². The second-order valence-electron chi connectivity index (χ2n) is 6.75. The van der Waals surface area contributed by atoms with Gasteiger partial charge in [-0.05, 0) is 43.2 Å². The molecule has 0 fully saturated rings. The van der Waals surface area contributed by atoms with Crippen molar-refractivity contribution in [1.29, 1.82) is 0 Å². The van der Waals surface area contributed by atoms with E-state index in [9.17, 15) is 13.6 Å². The second kappa shape index (κ2) is 9.02. The molecule has 3 rings (SSSR count). The predicted octanol–water partition coefficient (Wildman–Crippen LogP) is 3.15. The molecule has 1 heterocycles. The van der Waals surface area contributed by atoms with Gasteiger partial charge in [0.05, 0.1) is 28.8 Å². The first-order valence-electron chi connectivity index (χ1n) is 9.24. The molecular formula is C21H23N4O3S-. The molecule has 1 aromatic heterocycles. The third-order valence-corrected chi connectivity index (χ3v) is 5.28. The Hall–Kier alpha value is -2.97. The van der Waals surface area contributed by atoms with Crippen LogP contribution in [0.25, 0.3) is 0 Å². The average molecular weight is 412 g/mol. The molecule has 7 nitrogen and oxygen atoms in total. The van der Waals surface area contributed by atoms with Gasteiger partial charge in [-0.3, -0.25) is 18.0 Å². The number of aryl methyl sites for hydroxylation is 3. The van der Waals surface area contributed by atoms with Crippen LogP contribution >= 0.6 is 0 Å². The van der Waals surface area contributed by atoms with Gasteiger partial charge in [-0.2, -0.15) is 5.10 Å². The summed E-state index contributed by atoms with van der Waals surface area (Å²) in [5.41, 5.74) is 4.13. The van der Waals surface area contributed by atoms with E-state index < -0.39 is 11.3 Å². The quantitative estimate of drug-likeness (QED) is 0.605. The summed E-state index contributed by atoms with van der Waals surface area (Å²) in [6, 6.07) is 12.3. The number of aromatic nitrogens is 2. The van der Waals surface area contributed by atoms with Crippen LogP contribution in [0.5, 0.6) is 0 Å². The number of anilines is 2. The number of benzene rings is 2. The van der Waals surface area contributed by atoms with E-state index in [1.165, 1.54) is 4.31 Å². The Morgan fingerprint density at radius 1 is 1.24 bits per heavy atom. The Labute approximate surface area is 172 Å². The fourth-order valence-corrected chi connectivity index (χ4v) is 3.65. The van der Waals surface area contributed by atoms with Gasteiger partial charge in [-0.1, -0.05) is 30.7 Å². The number of hydrogen-bond donors (Lipinski definition) is 1. The lowest BCUT2D eigenvalue weighted by molar-refractivity contribution is 0.0951. The summed E-state index contributed by atoms with van der Waals surface area (Å²) in [7, 11) is 1.81. The molecule has 1 N–H and O–H groups in total. The maximum atomic E-state index is 12.6. The van der Waals surface area contributed by atoms with E-state index in [2.05, 4.69) is 10.4 Å². The van der Waals surface area contributed by atoms with Crippen LogP contribution in [0.4, 0.5) is 11.4 Å².